The van der Waals surface area contributed by atoms with Crippen LogP contribution in [-0.2, 0) is 0 Å². The SMILES string of the molecule is OCC1CC(O)CCN1CCCCCCNc1ccc2[nH]ncc2c1. The van der Waals surface area contributed by atoms with Crippen LogP contribution in [0.5, 0.6) is 0 Å². The van der Waals surface area contributed by atoms with Crippen LogP contribution in [0.4, 0.5) is 5.69 Å². The molecule has 1 aliphatic rings. The molecule has 6 nitrogen and oxygen atoms in total. The van der Waals surface area contributed by atoms with Crippen molar-refractivity contribution in [2.45, 2.75) is 50.7 Å². The molecule has 0 radical (unpaired) electrons. The smallest absolute Gasteiger partial charge is 0.0651 e. The van der Waals surface area contributed by atoms with Crippen LogP contribution in [0, 0.1) is 0 Å². The molecule has 1 saturated heterocycles. The van der Waals surface area contributed by atoms with Gasteiger partial charge in [-0.05, 0) is 50.4 Å². The van der Waals surface area contributed by atoms with Crippen LogP contribution >= 0.6 is 0 Å². The van der Waals surface area contributed by atoms with Crippen molar-refractivity contribution in [2.75, 3.05) is 31.6 Å². The second kappa shape index (κ2) is 9.17. The Morgan fingerprint density at radius 3 is 3.00 bits per heavy atom. The fourth-order valence-electron chi connectivity index (χ4n) is 3.64. The summed E-state index contributed by atoms with van der Waals surface area (Å²) in [6.45, 7) is 3.08. The number of nitrogens with one attached hydrogen (secondary N) is 2. The topological polar surface area (TPSA) is 84.4 Å². The van der Waals surface area contributed by atoms with E-state index in [9.17, 15) is 10.2 Å². The lowest BCUT2D eigenvalue weighted by Crippen LogP contribution is -2.46. The van der Waals surface area contributed by atoms with Crippen LogP contribution in [0.2, 0.25) is 0 Å². The molecule has 2 heterocycles. The summed E-state index contributed by atoms with van der Waals surface area (Å²) in [5.74, 6) is 0. The van der Waals surface area contributed by atoms with E-state index in [0.717, 1.165) is 55.5 Å². The third-order valence-corrected chi connectivity index (χ3v) is 5.16. The van der Waals surface area contributed by atoms with E-state index in [1.165, 1.54) is 12.8 Å². The van der Waals surface area contributed by atoms with Crippen LogP contribution in [0.1, 0.15) is 38.5 Å². The summed E-state index contributed by atoms with van der Waals surface area (Å²) in [6, 6.07) is 6.40. The average molecular weight is 346 g/mol. The van der Waals surface area contributed by atoms with Gasteiger partial charge in [-0.1, -0.05) is 12.8 Å². The Bertz CT molecular complexity index is 645. The van der Waals surface area contributed by atoms with Crippen LogP contribution in [0.25, 0.3) is 10.9 Å². The summed E-state index contributed by atoms with van der Waals surface area (Å²) in [7, 11) is 0. The number of aliphatic hydroxyl groups is 2. The quantitative estimate of drug-likeness (QED) is 0.524. The molecule has 0 spiro atoms. The van der Waals surface area contributed by atoms with E-state index in [4.69, 9.17) is 0 Å². The molecule has 1 fully saturated rings. The Labute approximate surface area is 149 Å². The van der Waals surface area contributed by atoms with Crippen LogP contribution in [0.15, 0.2) is 24.4 Å². The number of hydrogen-bond donors (Lipinski definition) is 4. The molecule has 1 aromatic heterocycles. The van der Waals surface area contributed by atoms with E-state index < -0.39 is 0 Å². The Balaban J connectivity index is 1.27. The van der Waals surface area contributed by atoms with E-state index in [2.05, 4.69) is 38.6 Å². The van der Waals surface area contributed by atoms with E-state index >= 15 is 0 Å². The normalized spacial score (nSPS) is 21.7. The number of aromatic amines is 1. The van der Waals surface area contributed by atoms with Gasteiger partial charge in [0.1, 0.15) is 0 Å². The summed E-state index contributed by atoms with van der Waals surface area (Å²) in [4.78, 5) is 2.34. The summed E-state index contributed by atoms with van der Waals surface area (Å²) < 4.78 is 0. The first kappa shape index (κ1) is 18.2. The minimum Gasteiger partial charge on any atom is -0.395 e. The maximum Gasteiger partial charge on any atom is 0.0651 e. The number of likely N-dealkylation sites (tertiary alicyclic amines) is 1. The Morgan fingerprint density at radius 1 is 1.24 bits per heavy atom. The Kier molecular flexibility index (Phi) is 6.67. The first-order valence-corrected chi connectivity index (χ1v) is 9.46. The molecule has 4 N–H and O–H groups in total. The van der Waals surface area contributed by atoms with Gasteiger partial charge in [0.15, 0.2) is 0 Å². The summed E-state index contributed by atoms with van der Waals surface area (Å²) in [5, 5.41) is 30.7. The van der Waals surface area contributed by atoms with Crippen molar-refractivity contribution in [3.63, 3.8) is 0 Å². The van der Waals surface area contributed by atoms with Crippen molar-refractivity contribution in [1.29, 1.82) is 0 Å². The zero-order valence-corrected chi connectivity index (χ0v) is 14.8. The number of H-pyrrole nitrogens is 1. The number of piperidine rings is 1. The maximum atomic E-state index is 9.69. The zero-order valence-electron chi connectivity index (χ0n) is 14.8. The molecule has 1 aliphatic heterocycles. The van der Waals surface area contributed by atoms with Gasteiger partial charge < -0.3 is 15.5 Å². The number of benzene rings is 1. The van der Waals surface area contributed by atoms with Crippen molar-refractivity contribution in [3.05, 3.63) is 24.4 Å². The van der Waals surface area contributed by atoms with Gasteiger partial charge in [0.2, 0.25) is 0 Å². The highest BCUT2D eigenvalue weighted by molar-refractivity contribution is 5.81. The molecule has 138 valence electrons. The largest absolute Gasteiger partial charge is 0.395 e. The highest BCUT2D eigenvalue weighted by Crippen LogP contribution is 2.19. The van der Waals surface area contributed by atoms with Crippen molar-refractivity contribution in [1.82, 2.24) is 15.1 Å². The molecule has 0 bridgehead atoms. The second-order valence-corrected chi connectivity index (χ2v) is 7.06. The second-order valence-electron chi connectivity index (χ2n) is 7.06. The number of unbranched alkanes of at least 4 members (excludes halogenated alkanes) is 3. The molecule has 0 saturated carbocycles. The lowest BCUT2D eigenvalue weighted by Gasteiger charge is -2.36. The third-order valence-electron chi connectivity index (χ3n) is 5.16. The van der Waals surface area contributed by atoms with Crippen LogP contribution < -0.4 is 5.32 Å². The fraction of sp³-hybridized carbons (Fsp3) is 0.632. The lowest BCUT2D eigenvalue weighted by atomic mass is 9.99. The van der Waals surface area contributed by atoms with E-state index in [-0.39, 0.29) is 18.8 Å². The van der Waals surface area contributed by atoms with Gasteiger partial charge >= 0.3 is 0 Å². The van der Waals surface area contributed by atoms with Crippen molar-refractivity contribution in [2.24, 2.45) is 0 Å². The molecule has 0 amide bonds. The van der Waals surface area contributed by atoms with E-state index in [1.54, 1.807) is 0 Å². The van der Waals surface area contributed by atoms with Gasteiger partial charge in [-0.25, -0.2) is 0 Å². The maximum absolute atomic E-state index is 9.69. The minimum absolute atomic E-state index is 0.142. The third kappa shape index (κ3) is 5.17. The van der Waals surface area contributed by atoms with Gasteiger partial charge in [0, 0.05) is 30.2 Å². The predicted octanol–water partition coefficient (Wildman–Crippen LogP) is 2.35. The van der Waals surface area contributed by atoms with Gasteiger partial charge in [0.05, 0.1) is 24.4 Å². The number of hydrogen-bond acceptors (Lipinski definition) is 5. The van der Waals surface area contributed by atoms with Crippen molar-refractivity contribution < 1.29 is 10.2 Å². The predicted molar refractivity (Wildman–Crippen MR) is 101 cm³/mol. The molecule has 0 aliphatic carbocycles. The van der Waals surface area contributed by atoms with Crippen molar-refractivity contribution >= 4 is 16.6 Å². The van der Waals surface area contributed by atoms with E-state index in [0.29, 0.717) is 6.42 Å². The molecule has 2 aromatic rings. The number of nitrogens with zero attached hydrogens (tertiary/aromatic N) is 2. The Hall–Kier alpha value is -1.63. The van der Waals surface area contributed by atoms with Gasteiger partial charge in [-0.15, -0.1) is 0 Å². The summed E-state index contributed by atoms with van der Waals surface area (Å²) in [6.07, 6.45) is 7.89. The number of aromatic nitrogens is 2. The number of fused-ring (bicyclic) bond motifs is 1. The number of rotatable bonds is 9. The highest BCUT2D eigenvalue weighted by Gasteiger charge is 2.25. The molecule has 3 rings (SSSR count). The molecule has 2 unspecified atom stereocenters. The molecule has 6 heteroatoms. The minimum atomic E-state index is -0.235. The Morgan fingerprint density at radius 2 is 2.12 bits per heavy atom. The van der Waals surface area contributed by atoms with Crippen molar-refractivity contribution in [3.8, 4) is 0 Å². The first-order chi connectivity index (χ1) is 12.3. The van der Waals surface area contributed by atoms with Gasteiger partial charge in [0.25, 0.3) is 0 Å². The first-order valence-electron chi connectivity index (χ1n) is 9.46. The fourth-order valence-corrected chi connectivity index (χ4v) is 3.64. The zero-order chi connectivity index (χ0) is 17.5. The highest BCUT2D eigenvalue weighted by atomic mass is 16.3. The molecule has 25 heavy (non-hydrogen) atoms. The number of aliphatic hydroxyl groups excluding tert-OH is 2. The van der Waals surface area contributed by atoms with Gasteiger partial charge in [-0.2, -0.15) is 5.10 Å². The molecular weight excluding hydrogens is 316 g/mol. The standard InChI is InChI=1S/C19H30N4O2/c24-14-17-12-18(25)7-10-23(17)9-4-2-1-3-8-20-16-5-6-19-15(11-16)13-21-22-19/h5-6,11,13,17-18,20,24-25H,1-4,7-10,12,14H2,(H,21,22). The van der Waals surface area contributed by atoms with Gasteiger partial charge in [-0.3, -0.25) is 10.00 Å². The van der Waals surface area contributed by atoms with E-state index in [1.807, 2.05) is 6.20 Å². The van der Waals surface area contributed by atoms with Crippen LogP contribution in [0.3, 0.4) is 0 Å². The monoisotopic (exact) mass is 346 g/mol. The average Bonchev–Trinajstić information content (AvgIpc) is 3.09. The summed E-state index contributed by atoms with van der Waals surface area (Å²) in [5.41, 5.74) is 2.21. The lowest BCUT2D eigenvalue weighted by molar-refractivity contribution is 0.0163. The van der Waals surface area contributed by atoms with Crippen LogP contribution in [-0.4, -0.2) is 63.7 Å². The number of anilines is 1. The molecular formula is C19H30N4O2. The molecule has 1 aromatic carbocycles. The molecule has 2 atom stereocenters. The summed E-state index contributed by atoms with van der Waals surface area (Å²) >= 11 is 0.